The van der Waals surface area contributed by atoms with E-state index in [4.69, 9.17) is 5.73 Å². The number of hydrogen-bond donors (Lipinski definition) is 3. The molecule has 0 saturated heterocycles. The van der Waals surface area contributed by atoms with Gasteiger partial charge in [0, 0.05) is 18.0 Å². The van der Waals surface area contributed by atoms with E-state index in [-0.39, 0.29) is 11.8 Å². The zero-order valence-electron chi connectivity index (χ0n) is 11.5. The molecular weight excluding hydrogens is 286 g/mol. The fourth-order valence-corrected chi connectivity index (χ4v) is 2.54. The Labute approximate surface area is 127 Å². The molecule has 1 aromatic carbocycles. The lowest BCUT2D eigenvalue weighted by Gasteiger charge is -2.10. The van der Waals surface area contributed by atoms with E-state index in [1.807, 2.05) is 17.5 Å². The maximum Gasteiger partial charge on any atom is 0.253 e. The molecule has 1 heterocycles. The topological polar surface area (TPSA) is 84.2 Å². The first-order chi connectivity index (χ1) is 10.2. The van der Waals surface area contributed by atoms with Crippen molar-refractivity contribution >= 4 is 28.8 Å². The molecule has 0 aliphatic rings. The highest BCUT2D eigenvalue weighted by molar-refractivity contribution is 7.10. The number of hydrogen-bond acceptors (Lipinski definition) is 4. The molecule has 6 heteroatoms. The Hall–Kier alpha value is -2.18. The van der Waals surface area contributed by atoms with Crippen LogP contribution in [-0.2, 0) is 11.2 Å². The van der Waals surface area contributed by atoms with E-state index in [2.05, 4.69) is 10.6 Å². The van der Waals surface area contributed by atoms with Gasteiger partial charge in [-0.3, -0.25) is 9.59 Å². The molecule has 0 aliphatic carbocycles. The first kappa shape index (κ1) is 15.2. The number of rotatable bonds is 6. The summed E-state index contributed by atoms with van der Waals surface area (Å²) in [5.74, 6) is -0.385. The lowest BCUT2D eigenvalue weighted by molar-refractivity contribution is -0.115. The van der Waals surface area contributed by atoms with E-state index >= 15 is 0 Å². The summed E-state index contributed by atoms with van der Waals surface area (Å²) in [6, 6.07) is 10.7. The molecule has 5 nitrogen and oxygen atoms in total. The molecule has 0 aliphatic heterocycles. The van der Waals surface area contributed by atoms with E-state index in [1.165, 1.54) is 11.3 Å². The maximum atomic E-state index is 12.0. The zero-order valence-corrected chi connectivity index (χ0v) is 12.3. The summed E-state index contributed by atoms with van der Waals surface area (Å²) in [4.78, 5) is 25.0. The van der Waals surface area contributed by atoms with E-state index in [1.54, 1.807) is 24.3 Å². The third-order valence-electron chi connectivity index (χ3n) is 2.79. The Bertz CT molecular complexity index is 611. The maximum absolute atomic E-state index is 12.0. The lowest BCUT2D eigenvalue weighted by atomic mass is 10.1. The largest absolute Gasteiger partial charge is 0.351 e. The molecule has 0 spiro atoms. The standard InChI is InChI=1S/C15H17N3O2S/c16-7-8-17-15(20)12-5-1-2-6-13(12)18-14(19)10-11-4-3-9-21-11/h1-6,9H,7-8,10,16H2,(H,17,20)(H,18,19). The highest BCUT2D eigenvalue weighted by atomic mass is 32.1. The van der Waals surface area contributed by atoms with Crippen LogP contribution in [0.25, 0.3) is 0 Å². The van der Waals surface area contributed by atoms with Crippen LogP contribution in [0.5, 0.6) is 0 Å². The van der Waals surface area contributed by atoms with Crippen LogP contribution in [0.3, 0.4) is 0 Å². The van der Waals surface area contributed by atoms with Crippen LogP contribution in [0.1, 0.15) is 15.2 Å². The molecule has 0 fully saturated rings. The van der Waals surface area contributed by atoms with Crippen molar-refractivity contribution in [2.75, 3.05) is 18.4 Å². The third kappa shape index (κ3) is 4.40. The van der Waals surface area contributed by atoms with Gasteiger partial charge in [-0.15, -0.1) is 11.3 Å². The molecule has 0 unspecified atom stereocenters. The predicted molar refractivity (Wildman–Crippen MR) is 84.5 cm³/mol. The van der Waals surface area contributed by atoms with Crippen molar-refractivity contribution in [3.8, 4) is 0 Å². The molecule has 2 rings (SSSR count). The molecule has 4 N–H and O–H groups in total. The Morgan fingerprint density at radius 3 is 2.67 bits per heavy atom. The van der Waals surface area contributed by atoms with E-state index in [9.17, 15) is 9.59 Å². The summed E-state index contributed by atoms with van der Waals surface area (Å²) in [6.07, 6.45) is 0.302. The first-order valence-corrected chi connectivity index (χ1v) is 7.48. The average molecular weight is 303 g/mol. The summed E-state index contributed by atoms with van der Waals surface area (Å²) in [5, 5.41) is 7.40. The second-order valence-corrected chi connectivity index (χ2v) is 5.43. The van der Waals surface area contributed by atoms with Crippen LogP contribution in [0.2, 0.25) is 0 Å². The van der Waals surface area contributed by atoms with Crippen molar-refractivity contribution in [2.45, 2.75) is 6.42 Å². The van der Waals surface area contributed by atoms with E-state index in [0.717, 1.165) is 4.88 Å². The van der Waals surface area contributed by atoms with E-state index in [0.29, 0.717) is 30.8 Å². The molecule has 0 bridgehead atoms. The van der Waals surface area contributed by atoms with Gasteiger partial charge >= 0.3 is 0 Å². The summed E-state index contributed by atoms with van der Waals surface area (Å²) in [6.45, 7) is 0.773. The van der Waals surface area contributed by atoms with Crippen molar-refractivity contribution in [3.63, 3.8) is 0 Å². The second kappa shape index (κ2) is 7.56. The fourth-order valence-electron chi connectivity index (χ4n) is 1.84. The molecule has 0 atom stereocenters. The van der Waals surface area contributed by atoms with Gasteiger partial charge in [0.2, 0.25) is 5.91 Å². The van der Waals surface area contributed by atoms with Gasteiger partial charge in [0.25, 0.3) is 5.91 Å². The third-order valence-corrected chi connectivity index (χ3v) is 3.67. The predicted octanol–water partition coefficient (Wildman–Crippen LogP) is 1.62. The number of nitrogens with one attached hydrogen (secondary N) is 2. The quantitative estimate of drug-likeness (QED) is 0.758. The number of amides is 2. The number of anilines is 1. The second-order valence-electron chi connectivity index (χ2n) is 4.39. The van der Waals surface area contributed by atoms with Crippen molar-refractivity contribution < 1.29 is 9.59 Å². The van der Waals surface area contributed by atoms with Crippen LogP contribution < -0.4 is 16.4 Å². The van der Waals surface area contributed by atoms with Crippen molar-refractivity contribution in [2.24, 2.45) is 5.73 Å². The lowest BCUT2D eigenvalue weighted by Crippen LogP contribution is -2.30. The normalized spacial score (nSPS) is 10.1. The van der Waals surface area contributed by atoms with Crippen LogP contribution in [0.15, 0.2) is 41.8 Å². The number of carbonyl (C=O) groups is 2. The van der Waals surface area contributed by atoms with Crippen LogP contribution >= 0.6 is 11.3 Å². The molecule has 21 heavy (non-hydrogen) atoms. The van der Waals surface area contributed by atoms with Gasteiger partial charge in [-0.25, -0.2) is 0 Å². The summed E-state index contributed by atoms with van der Waals surface area (Å²) >= 11 is 1.53. The van der Waals surface area contributed by atoms with Crippen LogP contribution in [-0.4, -0.2) is 24.9 Å². The van der Waals surface area contributed by atoms with Crippen molar-refractivity contribution in [3.05, 3.63) is 52.2 Å². The molecule has 2 amide bonds. The van der Waals surface area contributed by atoms with Crippen LogP contribution in [0.4, 0.5) is 5.69 Å². The smallest absolute Gasteiger partial charge is 0.253 e. The number of nitrogens with two attached hydrogens (primary N) is 1. The number of benzene rings is 1. The minimum absolute atomic E-state index is 0.142. The fraction of sp³-hybridized carbons (Fsp3) is 0.200. The Kier molecular flexibility index (Phi) is 5.48. The Morgan fingerprint density at radius 1 is 1.14 bits per heavy atom. The van der Waals surface area contributed by atoms with Gasteiger partial charge in [0.1, 0.15) is 0 Å². The first-order valence-electron chi connectivity index (χ1n) is 6.60. The van der Waals surface area contributed by atoms with Gasteiger partial charge in [-0.05, 0) is 23.6 Å². The minimum atomic E-state index is -0.243. The molecule has 110 valence electrons. The summed E-state index contributed by atoms with van der Waals surface area (Å²) in [5.41, 5.74) is 6.31. The Morgan fingerprint density at radius 2 is 1.95 bits per heavy atom. The average Bonchev–Trinajstić information content (AvgIpc) is 2.98. The monoisotopic (exact) mass is 303 g/mol. The van der Waals surface area contributed by atoms with Gasteiger partial charge in [0.05, 0.1) is 17.7 Å². The van der Waals surface area contributed by atoms with E-state index < -0.39 is 0 Å². The molecular formula is C15H17N3O2S. The van der Waals surface area contributed by atoms with Gasteiger partial charge in [0.15, 0.2) is 0 Å². The molecule has 0 radical (unpaired) electrons. The zero-order chi connectivity index (χ0) is 15.1. The number of carbonyl (C=O) groups excluding carboxylic acids is 2. The summed E-state index contributed by atoms with van der Waals surface area (Å²) in [7, 11) is 0. The Balaban J connectivity index is 2.05. The van der Waals surface area contributed by atoms with Crippen molar-refractivity contribution in [1.82, 2.24) is 5.32 Å². The van der Waals surface area contributed by atoms with Gasteiger partial charge in [-0.2, -0.15) is 0 Å². The highest BCUT2D eigenvalue weighted by Crippen LogP contribution is 2.16. The SMILES string of the molecule is NCCNC(=O)c1ccccc1NC(=O)Cc1cccs1. The number of thiophene rings is 1. The van der Waals surface area contributed by atoms with Crippen molar-refractivity contribution in [1.29, 1.82) is 0 Å². The summed E-state index contributed by atoms with van der Waals surface area (Å²) < 4.78 is 0. The van der Waals surface area contributed by atoms with Gasteiger partial charge < -0.3 is 16.4 Å². The number of para-hydroxylation sites is 1. The highest BCUT2D eigenvalue weighted by Gasteiger charge is 2.13. The van der Waals surface area contributed by atoms with Gasteiger partial charge in [-0.1, -0.05) is 18.2 Å². The molecule has 0 saturated carbocycles. The minimum Gasteiger partial charge on any atom is -0.351 e. The molecule has 1 aromatic heterocycles. The molecule has 2 aromatic rings. The van der Waals surface area contributed by atoms with Crippen LogP contribution in [0, 0.1) is 0 Å².